The van der Waals surface area contributed by atoms with Gasteiger partial charge in [0.25, 0.3) is 0 Å². The molecular weight excluding hydrogens is 304 g/mol. The van der Waals surface area contributed by atoms with Gasteiger partial charge in [-0.25, -0.2) is 4.98 Å². The van der Waals surface area contributed by atoms with Crippen molar-refractivity contribution >= 4 is 21.7 Å². The zero-order chi connectivity index (χ0) is 13.7. The summed E-state index contributed by atoms with van der Waals surface area (Å²) in [6.07, 6.45) is 2.75. The van der Waals surface area contributed by atoms with Crippen LogP contribution in [-0.4, -0.2) is 18.6 Å². The third-order valence-corrected chi connectivity index (χ3v) is 3.32. The van der Waals surface area contributed by atoms with E-state index in [0.717, 1.165) is 34.6 Å². The highest BCUT2D eigenvalue weighted by Crippen LogP contribution is 2.17. The molecule has 0 atom stereocenters. The molecule has 0 aliphatic rings. The molecule has 0 unspecified atom stereocenters. The highest BCUT2D eigenvalue weighted by atomic mass is 79.9. The number of anilines is 1. The van der Waals surface area contributed by atoms with Crippen LogP contribution in [0.25, 0.3) is 0 Å². The Balaban J connectivity index is 1.92. The monoisotopic (exact) mass is 320 g/mol. The van der Waals surface area contributed by atoms with Crippen LogP contribution in [0.15, 0.2) is 41.0 Å². The van der Waals surface area contributed by atoms with Crippen LogP contribution >= 0.6 is 15.9 Å². The van der Waals surface area contributed by atoms with Gasteiger partial charge in [-0.1, -0.05) is 12.1 Å². The number of aryl methyl sites for hydroxylation is 1. The lowest BCUT2D eigenvalue weighted by Gasteiger charge is -2.09. The van der Waals surface area contributed by atoms with Crippen LogP contribution in [0, 0.1) is 6.92 Å². The minimum Gasteiger partial charge on any atom is -0.497 e. The van der Waals surface area contributed by atoms with Gasteiger partial charge >= 0.3 is 0 Å². The summed E-state index contributed by atoms with van der Waals surface area (Å²) in [5, 5.41) is 3.35. The Kier molecular flexibility index (Phi) is 4.80. The smallest absolute Gasteiger partial charge is 0.128 e. The van der Waals surface area contributed by atoms with Crippen LogP contribution in [0.5, 0.6) is 5.75 Å². The molecule has 1 aromatic heterocycles. The van der Waals surface area contributed by atoms with Gasteiger partial charge in [-0.05, 0) is 58.6 Å². The van der Waals surface area contributed by atoms with Gasteiger partial charge in [-0.15, -0.1) is 0 Å². The molecule has 0 bridgehead atoms. The Morgan fingerprint density at radius 3 is 2.89 bits per heavy atom. The molecule has 0 aliphatic heterocycles. The van der Waals surface area contributed by atoms with Crippen LogP contribution < -0.4 is 10.1 Å². The predicted molar refractivity (Wildman–Crippen MR) is 81.9 cm³/mol. The average molecular weight is 321 g/mol. The van der Waals surface area contributed by atoms with E-state index in [4.69, 9.17) is 4.74 Å². The van der Waals surface area contributed by atoms with Crippen molar-refractivity contribution in [2.75, 3.05) is 19.0 Å². The number of benzene rings is 1. The fourth-order valence-corrected chi connectivity index (χ4v) is 2.32. The zero-order valence-corrected chi connectivity index (χ0v) is 12.7. The molecular formula is C15H17BrN2O. The Morgan fingerprint density at radius 1 is 1.32 bits per heavy atom. The van der Waals surface area contributed by atoms with Crippen LogP contribution in [0.3, 0.4) is 0 Å². The van der Waals surface area contributed by atoms with Gasteiger partial charge in [-0.2, -0.15) is 0 Å². The summed E-state index contributed by atoms with van der Waals surface area (Å²) in [7, 11) is 1.69. The Hall–Kier alpha value is -1.55. The third kappa shape index (κ3) is 3.96. The van der Waals surface area contributed by atoms with E-state index in [9.17, 15) is 0 Å². The highest BCUT2D eigenvalue weighted by molar-refractivity contribution is 9.10. The van der Waals surface area contributed by atoms with Crippen molar-refractivity contribution in [3.63, 3.8) is 0 Å². The quantitative estimate of drug-likeness (QED) is 0.909. The van der Waals surface area contributed by atoms with Crippen LogP contribution in [0.4, 0.5) is 5.82 Å². The van der Waals surface area contributed by atoms with Gasteiger partial charge < -0.3 is 10.1 Å². The van der Waals surface area contributed by atoms with E-state index in [0.29, 0.717) is 0 Å². The largest absolute Gasteiger partial charge is 0.497 e. The van der Waals surface area contributed by atoms with Crippen molar-refractivity contribution in [2.24, 2.45) is 0 Å². The summed E-state index contributed by atoms with van der Waals surface area (Å²) in [5.74, 6) is 1.83. The first-order valence-electron chi connectivity index (χ1n) is 6.18. The lowest BCUT2D eigenvalue weighted by Crippen LogP contribution is -2.07. The molecule has 1 aromatic carbocycles. The number of hydrogen-bond acceptors (Lipinski definition) is 3. The molecule has 1 heterocycles. The lowest BCUT2D eigenvalue weighted by molar-refractivity contribution is 0.414. The lowest BCUT2D eigenvalue weighted by atomic mass is 10.1. The molecule has 0 aliphatic carbocycles. The van der Waals surface area contributed by atoms with Gasteiger partial charge in [0.05, 0.1) is 7.11 Å². The third-order valence-electron chi connectivity index (χ3n) is 2.89. The molecule has 19 heavy (non-hydrogen) atoms. The van der Waals surface area contributed by atoms with Crippen molar-refractivity contribution in [3.8, 4) is 5.75 Å². The summed E-state index contributed by atoms with van der Waals surface area (Å²) in [5.41, 5.74) is 2.39. The van der Waals surface area contributed by atoms with E-state index >= 15 is 0 Å². The van der Waals surface area contributed by atoms with Crippen molar-refractivity contribution in [1.82, 2.24) is 4.98 Å². The molecule has 0 radical (unpaired) electrons. The summed E-state index contributed by atoms with van der Waals surface area (Å²) < 4.78 is 6.22. The second kappa shape index (κ2) is 6.57. The molecule has 0 amide bonds. The molecule has 2 aromatic rings. The highest BCUT2D eigenvalue weighted by Gasteiger charge is 2.01. The van der Waals surface area contributed by atoms with Gasteiger partial charge in [0.1, 0.15) is 11.6 Å². The number of methoxy groups -OCH3 is 1. The summed E-state index contributed by atoms with van der Waals surface area (Å²) in [4.78, 5) is 4.36. The first-order valence-corrected chi connectivity index (χ1v) is 6.97. The summed E-state index contributed by atoms with van der Waals surface area (Å²) in [6, 6.07) is 10.2. The van der Waals surface area contributed by atoms with E-state index in [-0.39, 0.29) is 0 Å². The number of aromatic nitrogens is 1. The van der Waals surface area contributed by atoms with Crippen LogP contribution in [-0.2, 0) is 6.42 Å². The standard InChI is InChI=1S/C15H17BrN2O/c1-11-8-13(16)10-18-15(11)17-7-6-12-4-3-5-14(9-12)19-2/h3-5,8-10H,6-7H2,1-2H3,(H,17,18). The minimum absolute atomic E-state index is 0.850. The minimum atomic E-state index is 0.850. The topological polar surface area (TPSA) is 34.1 Å². The molecule has 100 valence electrons. The first kappa shape index (κ1) is 13.9. The van der Waals surface area contributed by atoms with E-state index in [2.05, 4.69) is 44.4 Å². The maximum Gasteiger partial charge on any atom is 0.128 e. The normalized spacial score (nSPS) is 10.3. The number of nitrogens with one attached hydrogen (secondary N) is 1. The molecule has 1 N–H and O–H groups in total. The second-order valence-electron chi connectivity index (χ2n) is 4.35. The number of rotatable bonds is 5. The first-order chi connectivity index (χ1) is 9.19. The van der Waals surface area contributed by atoms with Gasteiger partial charge in [-0.3, -0.25) is 0 Å². The van der Waals surface area contributed by atoms with Crippen LogP contribution in [0.2, 0.25) is 0 Å². The van der Waals surface area contributed by atoms with E-state index in [1.165, 1.54) is 5.56 Å². The molecule has 0 saturated carbocycles. The molecule has 0 fully saturated rings. The number of ether oxygens (including phenoxy) is 1. The number of pyridine rings is 1. The summed E-state index contributed by atoms with van der Waals surface area (Å²) in [6.45, 7) is 2.90. The molecule has 4 heteroatoms. The van der Waals surface area contributed by atoms with Gasteiger partial charge in [0, 0.05) is 17.2 Å². The Labute approximate surface area is 122 Å². The van der Waals surface area contributed by atoms with Crippen molar-refractivity contribution in [2.45, 2.75) is 13.3 Å². The van der Waals surface area contributed by atoms with Crippen molar-refractivity contribution in [1.29, 1.82) is 0 Å². The predicted octanol–water partition coefficient (Wildman–Crippen LogP) is 3.82. The molecule has 0 saturated heterocycles. The average Bonchev–Trinajstić information content (AvgIpc) is 2.41. The molecule has 3 nitrogen and oxygen atoms in total. The van der Waals surface area contributed by atoms with Crippen molar-refractivity contribution in [3.05, 3.63) is 52.1 Å². The molecule has 0 spiro atoms. The number of hydrogen-bond donors (Lipinski definition) is 1. The number of nitrogens with zero attached hydrogens (tertiary/aromatic N) is 1. The zero-order valence-electron chi connectivity index (χ0n) is 11.1. The van der Waals surface area contributed by atoms with Crippen molar-refractivity contribution < 1.29 is 4.74 Å². The SMILES string of the molecule is COc1cccc(CCNc2ncc(Br)cc2C)c1. The van der Waals surface area contributed by atoms with E-state index in [1.807, 2.05) is 19.1 Å². The summed E-state index contributed by atoms with van der Waals surface area (Å²) >= 11 is 3.41. The Bertz CT molecular complexity index is 558. The van der Waals surface area contributed by atoms with Gasteiger partial charge in [0.15, 0.2) is 0 Å². The molecule has 2 rings (SSSR count). The van der Waals surface area contributed by atoms with Crippen LogP contribution in [0.1, 0.15) is 11.1 Å². The Morgan fingerprint density at radius 2 is 2.16 bits per heavy atom. The fourth-order valence-electron chi connectivity index (χ4n) is 1.88. The van der Waals surface area contributed by atoms with Gasteiger partial charge in [0.2, 0.25) is 0 Å². The van der Waals surface area contributed by atoms with E-state index < -0.39 is 0 Å². The fraction of sp³-hybridized carbons (Fsp3) is 0.267. The second-order valence-corrected chi connectivity index (χ2v) is 5.26. The maximum absolute atomic E-state index is 5.21. The van der Waals surface area contributed by atoms with E-state index in [1.54, 1.807) is 13.3 Å². The maximum atomic E-state index is 5.21. The number of halogens is 1.